The van der Waals surface area contributed by atoms with Crippen molar-refractivity contribution in [3.63, 3.8) is 0 Å². The summed E-state index contributed by atoms with van der Waals surface area (Å²) in [5.41, 5.74) is 5.88. The number of nitrogens with zero attached hydrogens (tertiary/aromatic N) is 2. The Balaban J connectivity index is 2.33. The molecule has 0 aromatic heterocycles. The van der Waals surface area contributed by atoms with Gasteiger partial charge in [-0.2, -0.15) is 11.8 Å². The van der Waals surface area contributed by atoms with E-state index in [0.29, 0.717) is 18.8 Å². The summed E-state index contributed by atoms with van der Waals surface area (Å²) in [6.07, 6.45) is 0. The van der Waals surface area contributed by atoms with Crippen molar-refractivity contribution in [1.82, 2.24) is 4.90 Å². The van der Waals surface area contributed by atoms with Crippen LogP contribution >= 0.6 is 11.8 Å². The molecule has 1 aromatic carbocycles. The number of carbonyl (C=O) groups is 1. The minimum absolute atomic E-state index is 0.0387. The van der Waals surface area contributed by atoms with Gasteiger partial charge >= 0.3 is 0 Å². The highest BCUT2D eigenvalue weighted by Gasteiger charge is 2.32. The van der Waals surface area contributed by atoms with Crippen molar-refractivity contribution in [3.05, 3.63) is 33.9 Å². The standard InChI is InChI=1S/C13H17N3O3S/c1-13(2)8-15(5-6-20-13)12(17)10-7-9(14)3-4-11(10)16(18)19/h3-4,7H,5-6,8,14H2,1-2H3. The number of carbonyl (C=O) groups excluding carboxylic acids is 1. The van der Waals surface area contributed by atoms with Gasteiger partial charge in [0.05, 0.1) is 4.92 Å². The number of benzene rings is 1. The van der Waals surface area contributed by atoms with Gasteiger partial charge in [-0.05, 0) is 26.0 Å². The molecule has 20 heavy (non-hydrogen) atoms. The molecule has 0 bridgehead atoms. The monoisotopic (exact) mass is 295 g/mol. The first-order valence-corrected chi connectivity index (χ1v) is 7.26. The predicted octanol–water partition coefficient (Wildman–Crippen LogP) is 2.14. The minimum Gasteiger partial charge on any atom is -0.399 e. The Morgan fingerprint density at radius 3 is 2.80 bits per heavy atom. The highest BCUT2D eigenvalue weighted by molar-refractivity contribution is 8.00. The first kappa shape index (κ1) is 14.6. The Bertz CT molecular complexity index is 560. The second-order valence-corrected chi connectivity index (χ2v) is 7.17. The van der Waals surface area contributed by atoms with Crippen molar-refractivity contribution in [2.75, 3.05) is 24.6 Å². The van der Waals surface area contributed by atoms with Crippen LogP contribution in [0.15, 0.2) is 18.2 Å². The lowest BCUT2D eigenvalue weighted by Gasteiger charge is -2.37. The minimum atomic E-state index is -0.545. The van der Waals surface area contributed by atoms with Crippen molar-refractivity contribution < 1.29 is 9.72 Å². The molecule has 0 radical (unpaired) electrons. The second kappa shape index (κ2) is 5.32. The fourth-order valence-corrected chi connectivity index (χ4v) is 3.36. The highest BCUT2D eigenvalue weighted by atomic mass is 32.2. The summed E-state index contributed by atoms with van der Waals surface area (Å²) in [5.74, 6) is 0.506. The van der Waals surface area contributed by atoms with Crippen molar-refractivity contribution in [3.8, 4) is 0 Å². The van der Waals surface area contributed by atoms with Gasteiger partial charge in [0.25, 0.3) is 11.6 Å². The Morgan fingerprint density at radius 2 is 2.20 bits per heavy atom. The molecule has 1 heterocycles. The normalized spacial score (nSPS) is 17.8. The average molecular weight is 295 g/mol. The van der Waals surface area contributed by atoms with Crippen molar-refractivity contribution >= 4 is 29.0 Å². The van der Waals surface area contributed by atoms with Crippen molar-refractivity contribution in [2.45, 2.75) is 18.6 Å². The maximum atomic E-state index is 12.5. The lowest BCUT2D eigenvalue weighted by atomic mass is 10.1. The Morgan fingerprint density at radius 1 is 1.50 bits per heavy atom. The third-order valence-electron chi connectivity index (χ3n) is 3.16. The molecule has 0 atom stereocenters. The molecule has 0 spiro atoms. The smallest absolute Gasteiger partial charge is 0.282 e. The number of rotatable bonds is 2. The van der Waals surface area contributed by atoms with Crippen LogP contribution < -0.4 is 5.73 Å². The van der Waals surface area contributed by atoms with Gasteiger partial charge in [0.2, 0.25) is 0 Å². The van der Waals surface area contributed by atoms with Crippen LogP contribution in [0.4, 0.5) is 11.4 Å². The molecule has 2 rings (SSSR count). The van der Waals surface area contributed by atoms with Gasteiger partial charge in [-0.15, -0.1) is 0 Å². The number of nitro benzene ring substituents is 1. The molecule has 108 valence electrons. The zero-order valence-corrected chi connectivity index (χ0v) is 12.3. The van der Waals surface area contributed by atoms with E-state index < -0.39 is 4.92 Å². The van der Waals surface area contributed by atoms with Gasteiger partial charge in [0.15, 0.2) is 0 Å². The van der Waals surface area contributed by atoms with E-state index in [-0.39, 0.29) is 21.9 Å². The lowest BCUT2D eigenvalue weighted by molar-refractivity contribution is -0.385. The third kappa shape index (κ3) is 3.04. The summed E-state index contributed by atoms with van der Waals surface area (Å²) < 4.78 is -0.0387. The summed E-state index contributed by atoms with van der Waals surface area (Å²) in [6, 6.07) is 4.10. The zero-order chi connectivity index (χ0) is 14.9. The van der Waals surface area contributed by atoms with Crippen LogP contribution in [0.3, 0.4) is 0 Å². The summed E-state index contributed by atoms with van der Waals surface area (Å²) in [5, 5.41) is 11.0. The highest BCUT2D eigenvalue weighted by Crippen LogP contribution is 2.31. The number of hydrogen-bond acceptors (Lipinski definition) is 5. The first-order valence-electron chi connectivity index (χ1n) is 6.27. The van der Waals surface area contributed by atoms with Crippen LogP contribution in [0, 0.1) is 10.1 Å². The van der Waals surface area contributed by atoms with E-state index in [0.717, 1.165) is 5.75 Å². The van der Waals surface area contributed by atoms with E-state index in [1.807, 2.05) is 0 Å². The van der Waals surface area contributed by atoms with E-state index in [4.69, 9.17) is 5.73 Å². The maximum Gasteiger partial charge on any atom is 0.282 e. The molecule has 1 aromatic rings. The number of amides is 1. The van der Waals surface area contributed by atoms with Crippen LogP contribution in [0.5, 0.6) is 0 Å². The van der Waals surface area contributed by atoms with Gasteiger partial charge < -0.3 is 10.6 Å². The van der Waals surface area contributed by atoms with Gasteiger partial charge in [-0.3, -0.25) is 14.9 Å². The van der Waals surface area contributed by atoms with Gasteiger partial charge in [-0.25, -0.2) is 0 Å². The van der Waals surface area contributed by atoms with Crippen LogP contribution in [0.1, 0.15) is 24.2 Å². The topological polar surface area (TPSA) is 89.5 Å². The van der Waals surface area contributed by atoms with Crippen LogP contribution in [-0.4, -0.2) is 39.3 Å². The first-order chi connectivity index (χ1) is 9.30. The molecule has 1 amide bonds. The molecule has 1 fully saturated rings. The van der Waals surface area contributed by atoms with Gasteiger partial charge in [0.1, 0.15) is 5.56 Å². The van der Waals surface area contributed by atoms with Crippen LogP contribution in [-0.2, 0) is 0 Å². The molecule has 1 aliphatic heterocycles. The molecule has 0 aliphatic carbocycles. The van der Waals surface area contributed by atoms with Crippen molar-refractivity contribution in [2.24, 2.45) is 0 Å². The van der Waals surface area contributed by atoms with Crippen LogP contribution in [0.2, 0.25) is 0 Å². The fourth-order valence-electron chi connectivity index (χ4n) is 2.24. The van der Waals surface area contributed by atoms with E-state index >= 15 is 0 Å². The Labute approximate surface area is 121 Å². The summed E-state index contributed by atoms with van der Waals surface area (Å²) in [6.45, 7) is 5.29. The molecular weight excluding hydrogens is 278 g/mol. The average Bonchev–Trinajstić information content (AvgIpc) is 2.36. The molecule has 6 nitrogen and oxygen atoms in total. The molecule has 1 aliphatic rings. The molecule has 1 saturated heterocycles. The van der Waals surface area contributed by atoms with E-state index in [1.54, 1.807) is 16.7 Å². The molecule has 2 N–H and O–H groups in total. The Kier molecular flexibility index (Phi) is 3.89. The maximum absolute atomic E-state index is 12.5. The fraction of sp³-hybridized carbons (Fsp3) is 0.462. The third-order valence-corrected chi connectivity index (χ3v) is 4.46. The van der Waals surface area contributed by atoms with E-state index in [2.05, 4.69) is 13.8 Å². The molecule has 7 heteroatoms. The number of hydrogen-bond donors (Lipinski definition) is 1. The largest absolute Gasteiger partial charge is 0.399 e. The SMILES string of the molecule is CC1(C)CN(C(=O)c2cc(N)ccc2[N+](=O)[O-])CCS1. The molecule has 0 saturated carbocycles. The van der Waals surface area contributed by atoms with Gasteiger partial charge in [-0.1, -0.05) is 0 Å². The van der Waals surface area contributed by atoms with Crippen molar-refractivity contribution in [1.29, 1.82) is 0 Å². The lowest BCUT2D eigenvalue weighted by Crippen LogP contribution is -2.46. The number of nitrogens with two attached hydrogens (primary N) is 1. The summed E-state index contributed by atoms with van der Waals surface area (Å²) >= 11 is 1.80. The number of anilines is 1. The number of thioether (sulfide) groups is 1. The molecule has 0 unspecified atom stereocenters. The van der Waals surface area contributed by atoms with Gasteiger partial charge in [0, 0.05) is 35.3 Å². The predicted molar refractivity (Wildman–Crippen MR) is 79.9 cm³/mol. The van der Waals surface area contributed by atoms with E-state index in [1.165, 1.54) is 18.2 Å². The zero-order valence-electron chi connectivity index (χ0n) is 11.5. The summed E-state index contributed by atoms with van der Waals surface area (Å²) in [7, 11) is 0. The van der Waals surface area contributed by atoms with E-state index in [9.17, 15) is 14.9 Å². The number of nitrogen functional groups attached to an aromatic ring is 1. The van der Waals surface area contributed by atoms with Crippen LogP contribution in [0.25, 0.3) is 0 Å². The number of nitro groups is 1. The Hall–Kier alpha value is -1.76. The quantitative estimate of drug-likeness (QED) is 0.513. The second-order valence-electron chi connectivity index (χ2n) is 5.37. The molecular formula is C13H17N3O3S. The summed E-state index contributed by atoms with van der Waals surface area (Å²) in [4.78, 5) is 24.7.